The van der Waals surface area contributed by atoms with Gasteiger partial charge in [-0.15, -0.1) is 0 Å². The van der Waals surface area contributed by atoms with Crippen LogP contribution in [0.3, 0.4) is 0 Å². The number of thioether (sulfide) groups is 1. The van der Waals surface area contributed by atoms with Crippen LogP contribution in [0.1, 0.15) is 19.3 Å². The monoisotopic (exact) mass is 278 g/mol. The van der Waals surface area contributed by atoms with Gasteiger partial charge in [0.15, 0.2) is 5.16 Å². The number of nitrogens with two attached hydrogens (primary N) is 1. The number of unbranched alkanes of at least 4 members (excludes halogenated alkanes) is 1. The van der Waals surface area contributed by atoms with E-state index in [2.05, 4.69) is 9.97 Å². The minimum atomic E-state index is 0.265. The topological polar surface area (TPSA) is 87.8 Å². The number of hydrogen-bond acceptors (Lipinski definition) is 4. The van der Waals surface area contributed by atoms with E-state index in [1.165, 1.54) is 0 Å². The standard InChI is InChI=1S/C13H18N4OS/c1-18-9-5-6-10-11(8-9)17-13(16-10)19-7-3-2-4-12(14)15/h5-6,8H,2-4,7H2,1H3,(H3,14,15)(H,16,17). The first-order valence-corrected chi connectivity index (χ1v) is 7.17. The zero-order valence-electron chi connectivity index (χ0n) is 10.9. The second-order valence-electron chi connectivity index (χ2n) is 4.26. The van der Waals surface area contributed by atoms with E-state index in [0.29, 0.717) is 6.42 Å². The summed E-state index contributed by atoms with van der Waals surface area (Å²) in [5.41, 5.74) is 7.25. The lowest BCUT2D eigenvalue weighted by molar-refractivity contribution is 0.415. The van der Waals surface area contributed by atoms with E-state index in [4.69, 9.17) is 15.9 Å². The number of nitrogens with one attached hydrogen (secondary N) is 2. The maximum atomic E-state index is 7.15. The molecule has 19 heavy (non-hydrogen) atoms. The molecule has 0 radical (unpaired) electrons. The number of imidazole rings is 1. The van der Waals surface area contributed by atoms with Gasteiger partial charge >= 0.3 is 0 Å². The van der Waals surface area contributed by atoms with Gasteiger partial charge in [0.05, 0.1) is 24.0 Å². The fraction of sp³-hybridized carbons (Fsp3) is 0.385. The van der Waals surface area contributed by atoms with Gasteiger partial charge in [-0.05, 0) is 25.0 Å². The first kappa shape index (κ1) is 13.7. The first-order chi connectivity index (χ1) is 9.19. The highest BCUT2D eigenvalue weighted by molar-refractivity contribution is 7.99. The molecule has 0 aliphatic heterocycles. The Labute approximate surface area is 116 Å². The third-order valence-electron chi connectivity index (χ3n) is 2.75. The average molecular weight is 278 g/mol. The van der Waals surface area contributed by atoms with E-state index in [-0.39, 0.29) is 5.84 Å². The van der Waals surface area contributed by atoms with E-state index < -0.39 is 0 Å². The Kier molecular flexibility index (Phi) is 4.68. The second-order valence-corrected chi connectivity index (χ2v) is 5.34. The quantitative estimate of drug-likeness (QED) is 0.314. The number of amidine groups is 1. The molecule has 0 saturated carbocycles. The minimum absolute atomic E-state index is 0.265. The number of hydrogen-bond donors (Lipinski definition) is 3. The Bertz CT molecular complexity index is 567. The molecule has 0 amide bonds. The van der Waals surface area contributed by atoms with Crippen LogP contribution < -0.4 is 10.5 Å². The van der Waals surface area contributed by atoms with Crippen LogP contribution in [0.4, 0.5) is 0 Å². The lowest BCUT2D eigenvalue weighted by Gasteiger charge is -1.98. The number of benzene rings is 1. The Morgan fingerprint density at radius 3 is 3.05 bits per heavy atom. The number of aromatic nitrogens is 2. The molecular formula is C13H18N4OS. The SMILES string of the molecule is COc1ccc2nc(SCCCCC(=N)N)[nH]c2c1. The van der Waals surface area contributed by atoms with Crippen LogP contribution in [-0.4, -0.2) is 28.7 Å². The van der Waals surface area contributed by atoms with Crippen molar-refractivity contribution in [2.24, 2.45) is 5.73 Å². The third-order valence-corrected chi connectivity index (χ3v) is 3.71. The highest BCUT2D eigenvalue weighted by Crippen LogP contribution is 2.23. The number of nitrogens with zero attached hydrogens (tertiary/aromatic N) is 1. The van der Waals surface area contributed by atoms with Crippen molar-refractivity contribution in [2.45, 2.75) is 24.4 Å². The zero-order chi connectivity index (χ0) is 13.7. The number of methoxy groups -OCH3 is 1. The summed E-state index contributed by atoms with van der Waals surface area (Å²) in [7, 11) is 1.65. The molecule has 6 heteroatoms. The van der Waals surface area contributed by atoms with Crippen LogP contribution in [0.15, 0.2) is 23.4 Å². The van der Waals surface area contributed by atoms with Crippen molar-refractivity contribution in [2.75, 3.05) is 12.9 Å². The van der Waals surface area contributed by atoms with Gasteiger partial charge in [0, 0.05) is 18.2 Å². The van der Waals surface area contributed by atoms with Crippen molar-refractivity contribution >= 4 is 28.6 Å². The van der Waals surface area contributed by atoms with E-state index >= 15 is 0 Å². The third kappa shape index (κ3) is 3.89. The van der Waals surface area contributed by atoms with Gasteiger partial charge in [0.25, 0.3) is 0 Å². The van der Waals surface area contributed by atoms with Crippen molar-refractivity contribution < 1.29 is 4.74 Å². The molecule has 1 aromatic heterocycles. The predicted octanol–water partition coefficient (Wildman–Crippen LogP) is 2.77. The molecule has 1 aromatic carbocycles. The molecule has 0 unspecified atom stereocenters. The summed E-state index contributed by atoms with van der Waals surface area (Å²) >= 11 is 1.69. The molecular weight excluding hydrogens is 260 g/mol. The second kappa shape index (κ2) is 6.47. The number of H-pyrrole nitrogens is 1. The van der Waals surface area contributed by atoms with Crippen LogP contribution in [0.2, 0.25) is 0 Å². The minimum Gasteiger partial charge on any atom is -0.497 e. The molecule has 4 N–H and O–H groups in total. The summed E-state index contributed by atoms with van der Waals surface area (Å²) in [6, 6.07) is 5.80. The van der Waals surface area contributed by atoms with Gasteiger partial charge in [0.1, 0.15) is 5.75 Å². The summed E-state index contributed by atoms with van der Waals surface area (Å²) in [5, 5.41) is 8.07. The first-order valence-electron chi connectivity index (χ1n) is 6.18. The van der Waals surface area contributed by atoms with Crippen LogP contribution in [0.25, 0.3) is 11.0 Å². The maximum absolute atomic E-state index is 7.15. The molecule has 0 atom stereocenters. The van der Waals surface area contributed by atoms with Crippen molar-refractivity contribution in [1.29, 1.82) is 5.41 Å². The van der Waals surface area contributed by atoms with Crippen molar-refractivity contribution in [1.82, 2.24) is 9.97 Å². The molecule has 0 bridgehead atoms. The number of rotatable bonds is 7. The summed E-state index contributed by atoms with van der Waals surface area (Å²) < 4.78 is 5.18. The van der Waals surface area contributed by atoms with Crippen LogP contribution in [-0.2, 0) is 0 Å². The van der Waals surface area contributed by atoms with Crippen LogP contribution in [0, 0.1) is 5.41 Å². The number of ether oxygens (including phenoxy) is 1. The van der Waals surface area contributed by atoms with E-state index in [9.17, 15) is 0 Å². The van der Waals surface area contributed by atoms with Gasteiger partial charge in [-0.3, -0.25) is 5.41 Å². The highest BCUT2D eigenvalue weighted by Gasteiger charge is 2.04. The fourth-order valence-electron chi connectivity index (χ4n) is 1.75. The lowest BCUT2D eigenvalue weighted by Crippen LogP contribution is -2.08. The molecule has 0 fully saturated rings. The molecule has 0 saturated heterocycles. The van der Waals surface area contributed by atoms with Gasteiger partial charge < -0.3 is 15.5 Å². The molecule has 2 rings (SSSR count). The Hall–Kier alpha value is -1.69. The fourth-order valence-corrected chi connectivity index (χ4v) is 2.63. The Morgan fingerprint density at radius 2 is 2.32 bits per heavy atom. The smallest absolute Gasteiger partial charge is 0.166 e. The van der Waals surface area contributed by atoms with Gasteiger partial charge in [-0.1, -0.05) is 11.8 Å². The highest BCUT2D eigenvalue weighted by atomic mass is 32.2. The van der Waals surface area contributed by atoms with Crippen molar-refractivity contribution in [3.05, 3.63) is 18.2 Å². The van der Waals surface area contributed by atoms with Crippen molar-refractivity contribution in [3.8, 4) is 5.75 Å². The molecule has 0 aliphatic rings. The normalized spacial score (nSPS) is 10.8. The van der Waals surface area contributed by atoms with E-state index in [1.54, 1.807) is 18.9 Å². The molecule has 0 spiro atoms. The van der Waals surface area contributed by atoms with E-state index in [0.717, 1.165) is 40.5 Å². The van der Waals surface area contributed by atoms with Crippen molar-refractivity contribution in [3.63, 3.8) is 0 Å². The summed E-state index contributed by atoms with van der Waals surface area (Å²) in [5.74, 6) is 2.07. The van der Waals surface area contributed by atoms with Crippen LogP contribution >= 0.6 is 11.8 Å². The molecule has 1 heterocycles. The number of fused-ring (bicyclic) bond motifs is 1. The summed E-state index contributed by atoms with van der Waals surface area (Å²) in [6.45, 7) is 0. The maximum Gasteiger partial charge on any atom is 0.166 e. The number of aromatic amines is 1. The van der Waals surface area contributed by atoms with Gasteiger partial charge in [-0.25, -0.2) is 4.98 Å². The van der Waals surface area contributed by atoms with Gasteiger partial charge in [0.2, 0.25) is 0 Å². The van der Waals surface area contributed by atoms with E-state index in [1.807, 2.05) is 18.2 Å². The molecule has 0 aliphatic carbocycles. The lowest BCUT2D eigenvalue weighted by atomic mass is 10.2. The Balaban J connectivity index is 1.89. The van der Waals surface area contributed by atoms with Crippen LogP contribution in [0.5, 0.6) is 5.75 Å². The molecule has 5 nitrogen and oxygen atoms in total. The molecule has 2 aromatic rings. The Morgan fingerprint density at radius 1 is 1.47 bits per heavy atom. The summed E-state index contributed by atoms with van der Waals surface area (Å²) in [4.78, 5) is 7.78. The van der Waals surface area contributed by atoms with Gasteiger partial charge in [-0.2, -0.15) is 0 Å². The average Bonchev–Trinajstić information content (AvgIpc) is 2.79. The largest absolute Gasteiger partial charge is 0.497 e. The summed E-state index contributed by atoms with van der Waals surface area (Å²) in [6.07, 6.45) is 2.67. The predicted molar refractivity (Wildman–Crippen MR) is 79.1 cm³/mol. The zero-order valence-corrected chi connectivity index (χ0v) is 11.7. The molecule has 102 valence electrons.